The second-order valence-corrected chi connectivity index (χ2v) is 9.20. The van der Waals surface area contributed by atoms with E-state index in [-0.39, 0.29) is 18.1 Å². The molecule has 0 N–H and O–H groups in total. The van der Waals surface area contributed by atoms with Crippen LogP contribution in [0.3, 0.4) is 0 Å². The molecule has 2 aliphatic heterocycles. The summed E-state index contributed by atoms with van der Waals surface area (Å²) >= 11 is 0. The van der Waals surface area contributed by atoms with Crippen LogP contribution in [0.1, 0.15) is 77.0 Å². The molecule has 0 aromatic carbocycles. The van der Waals surface area contributed by atoms with Gasteiger partial charge in [-0.3, -0.25) is 9.69 Å². The van der Waals surface area contributed by atoms with Gasteiger partial charge in [-0.15, -0.1) is 10.2 Å². The van der Waals surface area contributed by atoms with Crippen molar-refractivity contribution in [2.24, 2.45) is 5.92 Å². The molecule has 1 aliphatic carbocycles. The van der Waals surface area contributed by atoms with E-state index in [1.54, 1.807) is 4.90 Å². The van der Waals surface area contributed by atoms with Crippen molar-refractivity contribution in [3.8, 4) is 0 Å². The van der Waals surface area contributed by atoms with Gasteiger partial charge in [0.25, 0.3) is 0 Å². The van der Waals surface area contributed by atoms with E-state index in [2.05, 4.69) is 14.8 Å². The topological polar surface area (TPSA) is 80.6 Å². The Hall–Kier alpha value is -2.12. The standard InChI is InChI=1S/C20H31N5O3/c1-20(2,3)28-19(27)23-11-12-25-16(13-23)21-22-17(25)15-9-6-10-24(15)18(26)14-7-4-5-8-14/h14-15H,4-13H2,1-3H3/t15-/m0/s1. The minimum atomic E-state index is -0.516. The summed E-state index contributed by atoms with van der Waals surface area (Å²) in [5.41, 5.74) is -0.516. The van der Waals surface area contributed by atoms with Crippen molar-refractivity contribution in [2.45, 2.75) is 84.0 Å². The Morgan fingerprint density at radius 1 is 1.00 bits per heavy atom. The molecule has 1 aromatic heterocycles. The molecule has 1 saturated heterocycles. The third-order valence-electron chi connectivity index (χ3n) is 5.97. The van der Waals surface area contributed by atoms with Crippen LogP contribution in [-0.2, 0) is 22.6 Å². The minimum Gasteiger partial charge on any atom is -0.444 e. The number of ether oxygens (including phenoxy) is 1. The lowest BCUT2D eigenvalue weighted by molar-refractivity contribution is -0.136. The number of amides is 2. The number of hydrogen-bond acceptors (Lipinski definition) is 5. The highest BCUT2D eigenvalue weighted by Gasteiger charge is 2.38. The lowest BCUT2D eigenvalue weighted by atomic mass is 10.1. The van der Waals surface area contributed by atoms with Crippen molar-refractivity contribution in [3.63, 3.8) is 0 Å². The zero-order valence-corrected chi connectivity index (χ0v) is 17.2. The molecule has 1 atom stereocenters. The smallest absolute Gasteiger partial charge is 0.410 e. The number of rotatable bonds is 2. The van der Waals surface area contributed by atoms with Crippen LogP contribution >= 0.6 is 0 Å². The molecule has 1 aromatic rings. The average molecular weight is 390 g/mol. The molecule has 4 rings (SSSR count). The van der Waals surface area contributed by atoms with Gasteiger partial charge in [-0.2, -0.15) is 0 Å². The maximum absolute atomic E-state index is 13.0. The zero-order valence-electron chi connectivity index (χ0n) is 17.2. The SMILES string of the molecule is CC(C)(C)OC(=O)N1CCn2c(nnc2[C@@H]2CCCN2C(=O)C2CCCC2)C1. The zero-order chi connectivity index (χ0) is 19.9. The molecule has 2 fully saturated rings. The van der Waals surface area contributed by atoms with Crippen molar-refractivity contribution in [1.29, 1.82) is 0 Å². The van der Waals surface area contributed by atoms with Gasteiger partial charge >= 0.3 is 6.09 Å². The first kappa shape index (κ1) is 19.2. The van der Waals surface area contributed by atoms with E-state index in [0.717, 1.165) is 56.7 Å². The summed E-state index contributed by atoms with van der Waals surface area (Å²) in [5, 5.41) is 8.79. The van der Waals surface area contributed by atoms with Crippen LogP contribution in [0.15, 0.2) is 0 Å². The predicted molar refractivity (Wildman–Crippen MR) is 102 cm³/mol. The highest BCUT2D eigenvalue weighted by atomic mass is 16.6. The second kappa shape index (κ2) is 7.37. The molecule has 0 bridgehead atoms. The fourth-order valence-corrected chi connectivity index (χ4v) is 4.62. The molecule has 8 heteroatoms. The highest BCUT2D eigenvalue weighted by Crippen LogP contribution is 2.36. The van der Waals surface area contributed by atoms with Crippen molar-refractivity contribution >= 4 is 12.0 Å². The van der Waals surface area contributed by atoms with Crippen LogP contribution in [0, 0.1) is 5.92 Å². The summed E-state index contributed by atoms with van der Waals surface area (Å²) in [6, 6.07) is 0.0161. The van der Waals surface area contributed by atoms with Crippen LogP contribution in [-0.4, -0.2) is 55.3 Å². The molecule has 2 amide bonds. The fourth-order valence-electron chi connectivity index (χ4n) is 4.62. The first-order valence-corrected chi connectivity index (χ1v) is 10.5. The first-order valence-electron chi connectivity index (χ1n) is 10.5. The quantitative estimate of drug-likeness (QED) is 0.777. The number of nitrogens with zero attached hydrogens (tertiary/aromatic N) is 5. The molecular weight excluding hydrogens is 358 g/mol. The summed E-state index contributed by atoms with van der Waals surface area (Å²) < 4.78 is 7.58. The molecular formula is C20H31N5O3. The van der Waals surface area contributed by atoms with Gasteiger partial charge in [0.15, 0.2) is 11.6 Å². The Morgan fingerprint density at radius 3 is 2.46 bits per heavy atom. The van der Waals surface area contributed by atoms with Crippen LogP contribution in [0.5, 0.6) is 0 Å². The van der Waals surface area contributed by atoms with Crippen LogP contribution in [0.25, 0.3) is 0 Å². The van der Waals surface area contributed by atoms with Crippen molar-refractivity contribution in [3.05, 3.63) is 11.6 Å². The van der Waals surface area contributed by atoms with E-state index < -0.39 is 5.60 Å². The van der Waals surface area contributed by atoms with Gasteiger partial charge in [-0.1, -0.05) is 12.8 Å². The Balaban J connectivity index is 1.48. The summed E-state index contributed by atoms with van der Waals surface area (Å²) in [5.74, 6) is 2.13. The Morgan fingerprint density at radius 2 is 1.75 bits per heavy atom. The van der Waals surface area contributed by atoms with Crippen LogP contribution in [0.2, 0.25) is 0 Å². The molecule has 1 saturated carbocycles. The maximum Gasteiger partial charge on any atom is 0.410 e. The third-order valence-corrected chi connectivity index (χ3v) is 5.97. The summed E-state index contributed by atoms with van der Waals surface area (Å²) in [7, 11) is 0. The summed E-state index contributed by atoms with van der Waals surface area (Å²) in [6.07, 6.45) is 5.99. The summed E-state index contributed by atoms with van der Waals surface area (Å²) in [4.78, 5) is 29.1. The van der Waals surface area contributed by atoms with E-state index in [1.165, 1.54) is 0 Å². The molecule has 0 spiro atoms. The monoisotopic (exact) mass is 389 g/mol. The van der Waals surface area contributed by atoms with E-state index in [1.807, 2.05) is 25.7 Å². The molecule has 0 unspecified atom stereocenters. The Bertz CT molecular complexity index is 748. The van der Waals surface area contributed by atoms with E-state index >= 15 is 0 Å². The molecule has 3 heterocycles. The maximum atomic E-state index is 13.0. The second-order valence-electron chi connectivity index (χ2n) is 9.20. The van der Waals surface area contributed by atoms with Gasteiger partial charge in [0.05, 0.1) is 12.6 Å². The van der Waals surface area contributed by atoms with Gasteiger partial charge in [0.1, 0.15) is 5.60 Å². The molecule has 154 valence electrons. The number of carbonyl (C=O) groups excluding carboxylic acids is 2. The van der Waals surface area contributed by atoms with E-state index in [4.69, 9.17) is 4.74 Å². The minimum absolute atomic E-state index is 0.0161. The first-order chi connectivity index (χ1) is 13.3. The average Bonchev–Trinajstić information content (AvgIpc) is 3.38. The number of hydrogen-bond donors (Lipinski definition) is 0. The van der Waals surface area contributed by atoms with Crippen molar-refractivity contribution in [1.82, 2.24) is 24.6 Å². The number of fused-ring (bicyclic) bond motifs is 1. The molecule has 28 heavy (non-hydrogen) atoms. The Labute approximate surface area is 166 Å². The van der Waals surface area contributed by atoms with Crippen LogP contribution in [0.4, 0.5) is 4.79 Å². The number of carbonyl (C=O) groups is 2. The number of aromatic nitrogens is 3. The van der Waals surface area contributed by atoms with Gasteiger partial charge in [0, 0.05) is 25.6 Å². The number of likely N-dealkylation sites (tertiary alicyclic amines) is 1. The lowest BCUT2D eigenvalue weighted by Crippen LogP contribution is -2.42. The largest absolute Gasteiger partial charge is 0.444 e. The predicted octanol–water partition coefficient (Wildman–Crippen LogP) is 2.88. The van der Waals surface area contributed by atoms with Gasteiger partial charge < -0.3 is 14.2 Å². The normalized spacial score (nSPS) is 23.2. The third kappa shape index (κ3) is 3.73. The summed E-state index contributed by atoms with van der Waals surface area (Å²) in [6.45, 7) is 8.01. The van der Waals surface area contributed by atoms with Gasteiger partial charge in [-0.05, 0) is 46.5 Å². The van der Waals surface area contributed by atoms with Gasteiger partial charge in [-0.25, -0.2) is 4.79 Å². The molecule has 3 aliphatic rings. The van der Waals surface area contributed by atoms with E-state index in [0.29, 0.717) is 25.5 Å². The fraction of sp³-hybridized carbons (Fsp3) is 0.800. The van der Waals surface area contributed by atoms with E-state index in [9.17, 15) is 9.59 Å². The Kier molecular flexibility index (Phi) is 5.05. The van der Waals surface area contributed by atoms with Gasteiger partial charge in [0.2, 0.25) is 5.91 Å². The van der Waals surface area contributed by atoms with Crippen molar-refractivity contribution in [2.75, 3.05) is 13.1 Å². The molecule has 0 radical (unpaired) electrons. The highest BCUT2D eigenvalue weighted by molar-refractivity contribution is 5.79. The van der Waals surface area contributed by atoms with Crippen LogP contribution < -0.4 is 0 Å². The lowest BCUT2D eigenvalue weighted by Gasteiger charge is -2.32. The van der Waals surface area contributed by atoms with Crippen molar-refractivity contribution < 1.29 is 14.3 Å². The molecule has 8 nitrogen and oxygen atoms in total.